The molecule has 0 radical (unpaired) electrons. The molecule has 0 fully saturated rings. The molecule has 158 valence electrons. The largest absolute Gasteiger partial charge is 0.417 e. The highest BCUT2D eigenvalue weighted by Gasteiger charge is 2.18. The average molecular weight is 420 g/mol. The van der Waals surface area contributed by atoms with Crippen molar-refractivity contribution in [1.82, 2.24) is 25.1 Å². The van der Waals surface area contributed by atoms with Gasteiger partial charge in [0.2, 0.25) is 0 Å². The zero-order valence-electron chi connectivity index (χ0n) is 17.3. The van der Waals surface area contributed by atoms with E-state index < -0.39 is 6.09 Å². The number of H-pyrrole nitrogens is 1. The van der Waals surface area contributed by atoms with Crippen LogP contribution in [0.15, 0.2) is 48.5 Å². The lowest BCUT2D eigenvalue weighted by Crippen LogP contribution is -2.29. The van der Waals surface area contributed by atoms with Gasteiger partial charge in [0.05, 0.1) is 10.9 Å². The lowest BCUT2D eigenvalue weighted by atomic mass is 10.0. The SMILES string of the molecule is CCN(C)C(=O)Oc1nc(Nc2cc(C)[nH]n2)c2c(-c3ccc(F)cc3)cccc2n1. The van der Waals surface area contributed by atoms with Crippen LogP contribution >= 0.6 is 0 Å². The van der Waals surface area contributed by atoms with Crippen molar-refractivity contribution < 1.29 is 13.9 Å². The van der Waals surface area contributed by atoms with E-state index >= 15 is 0 Å². The van der Waals surface area contributed by atoms with E-state index in [-0.39, 0.29) is 11.8 Å². The molecule has 4 aromatic rings. The van der Waals surface area contributed by atoms with Gasteiger partial charge in [0.1, 0.15) is 11.6 Å². The smallest absolute Gasteiger partial charge is 0.374 e. The monoisotopic (exact) mass is 420 g/mol. The summed E-state index contributed by atoms with van der Waals surface area (Å²) in [5, 5.41) is 10.9. The number of anilines is 2. The summed E-state index contributed by atoms with van der Waals surface area (Å²) in [6.07, 6.45) is -0.557. The van der Waals surface area contributed by atoms with Crippen LogP contribution in [0, 0.1) is 12.7 Å². The fourth-order valence-corrected chi connectivity index (χ4v) is 3.06. The van der Waals surface area contributed by atoms with E-state index in [1.54, 1.807) is 25.2 Å². The van der Waals surface area contributed by atoms with E-state index in [2.05, 4.69) is 25.5 Å². The number of nitrogens with zero attached hydrogens (tertiary/aromatic N) is 4. The Kier molecular flexibility index (Phi) is 5.48. The van der Waals surface area contributed by atoms with Crippen LogP contribution in [0.2, 0.25) is 0 Å². The summed E-state index contributed by atoms with van der Waals surface area (Å²) >= 11 is 0. The number of hydrogen-bond donors (Lipinski definition) is 2. The highest BCUT2D eigenvalue weighted by atomic mass is 19.1. The van der Waals surface area contributed by atoms with Crippen molar-refractivity contribution in [3.8, 4) is 17.1 Å². The Balaban J connectivity index is 1.86. The van der Waals surface area contributed by atoms with Gasteiger partial charge in [0.15, 0.2) is 5.82 Å². The third-order valence-electron chi connectivity index (χ3n) is 4.78. The molecule has 1 amide bonds. The fourth-order valence-electron chi connectivity index (χ4n) is 3.06. The molecule has 0 bridgehead atoms. The predicted octanol–water partition coefficient (Wildman–Crippen LogP) is 4.66. The topological polar surface area (TPSA) is 96.0 Å². The molecule has 2 N–H and O–H groups in total. The molecule has 2 aromatic heterocycles. The summed E-state index contributed by atoms with van der Waals surface area (Å²) < 4.78 is 18.8. The minimum Gasteiger partial charge on any atom is -0.374 e. The van der Waals surface area contributed by atoms with E-state index in [0.717, 1.165) is 16.8 Å². The number of nitrogens with one attached hydrogen (secondary N) is 2. The van der Waals surface area contributed by atoms with E-state index in [9.17, 15) is 9.18 Å². The lowest BCUT2D eigenvalue weighted by Gasteiger charge is -2.15. The Morgan fingerprint density at radius 2 is 1.97 bits per heavy atom. The van der Waals surface area contributed by atoms with Crippen molar-refractivity contribution in [2.75, 3.05) is 18.9 Å². The molecular formula is C22H21FN6O2. The summed E-state index contributed by atoms with van der Waals surface area (Å²) in [5.41, 5.74) is 3.03. The van der Waals surface area contributed by atoms with Gasteiger partial charge in [0.25, 0.3) is 0 Å². The minimum absolute atomic E-state index is 0.0798. The maximum absolute atomic E-state index is 13.5. The number of carbonyl (C=O) groups is 1. The Labute approximate surface area is 178 Å². The number of amides is 1. The van der Waals surface area contributed by atoms with Gasteiger partial charge in [-0.15, -0.1) is 0 Å². The van der Waals surface area contributed by atoms with Crippen LogP contribution in [0.4, 0.5) is 20.8 Å². The van der Waals surface area contributed by atoms with Crippen molar-refractivity contribution in [1.29, 1.82) is 0 Å². The standard InChI is InChI=1S/C22H21FN6O2/c1-4-29(3)22(30)31-21-24-17-7-5-6-16(14-8-10-15(23)11-9-14)19(17)20(26-21)25-18-12-13(2)27-28-18/h5-12H,4H2,1-3H3,(H2,24,25,26,27,28). The number of aromatic amines is 1. The minimum atomic E-state index is -0.557. The number of fused-ring (bicyclic) bond motifs is 1. The molecule has 8 nitrogen and oxygen atoms in total. The first-order chi connectivity index (χ1) is 14.9. The van der Waals surface area contributed by atoms with Gasteiger partial charge in [-0.2, -0.15) is 15.1 Å². The number of hydrogen-bond acceptors (Lipinski definition) is 6. The molecule has 0 aliphatic heterocycles. The first kappa shape index (κ1) is 20.3. The van der Waals surface area contributed by atoms with Crippen LogP contribution in [-0.4, -0.2) is 44.8 Å². The molecule has 0 saturated heterocycles. The van der Waals surface area contributed by atoms with Crippen molar-refractivity contribution in [2.24, 2.45) is 0 Å². The molecule has 0 spiro atoms. The van der Waals surface area contributed by atoms with Crippen LogP contribution in [0.5, 0.6) is 6.01 Å². The van der Waals surface area contributed by atoms with E-state index in [1.165, 1.54) is 17.0 Å². The van der Waals surface area contributed by atoms with Crippen molar-refractivity contribution in [3.05, 3.63) is 60.0 Å². The third-order valence-corrected chi connectivity index (χ3v) is 4.78. The second-order valence-electron chi connectivity index (χ2n) is 7.00. The molecule has 2 aromatic carbocycles. The first-order valence-corrected chi connectivity index (χ1v) is 9.73. The molecule has 0 aliphatic rings. The van der Waals surface area contributed by atoms with Crippen LogP contribution in [-0.2, 0) is 0 Å². The normalized spacial score (nSPS) is 10.8. The zero-order valence-corrected chi connectivity index (χ0v) is 17.3. The number of benzene rings is 2. The van der Waals surface area contributed by atoms with E-state index in [1.807, 2.05) is 32.0 Å². The highest BCUT2D eigenvalue weighted by molar-refractivity contribution is 6.02. The highest BCUT2D eigenvalue weighted by Crippen LogP contribution is 2.34. The maximum atomic E-state index is 13.5. The van der Waals surface area contributed by atoms with Crippen LogP contribution in [0.3, 0.4) is 0 Å². The summed E-state index contributed by atoms with van der Waals surface area (Å²) in [4.78, 5) is 22.5. The number of aryl methyl sites for hydroxylation is 1. The maximum Gasteiger partial charge on any atom is 0.417 e. The quantitative estimate of drug-likeness (QED) is 0.487. The molecule has 2 heterocycles. The molecule has 0 atom stereocenters. The summed E-state index contributed by atoms with van der Waals surface area (Å²) in [5.74, 6) is 0.646. The van der Waals surface area contributed by atoms with Gasteiger partial charge in [-0.1, -0.05) is 24.3 Å². The van der Waals surface area contributed by atoms with Gasteiger partial charge in [0, 0.05) is 25.4 Å². The second kappa shape index (κ2) is 8.39. The van der Waals surface area contributed by atoms with Crippen molar-refractivity contribution >= 4 is 28.6 Å². The van der Waals surface area contributed by atoms with Crippen molar-refractivity contribution in [2.45, 2.75) is 13.8 Å². The number of halogens is 1. The molecule has 0 unspecified atom stereocenters. The number of rotatable bonds is 5. The Hall–Kier alpha value is -4.01. The molecule has 9 heteroatoms. The van der Waals surface area contributed by atoms with Gasteiger partial charge in [-0.3, -0.25) is 5.10 Å². The van der Waals surface area contributed by atoms with E-state index in [4.69, 9.17) is 4.74 Å². The number of ether oxygens (including phenoxy) is 1. The first-order valence-electron chi connectivity index (χ1n) is 9.73. The molecule has 0 saturated carbocycles. The fraction of sp³-hybridized carbons (Fsp3) is 0.182. The average Bonchev–Trinajstić information content (AvgIpc) is 3.17. The third kappa shape index (κ3) is 4.30. The molecule has 31 heavy (non-hydrogen) atoms. The zero-order chi connectivity index (χ0) is 22.0. The van der Waals surface area contributed by atoms with Crippen molar-refractivity contribution in [3.63, 3.8) is 0 Å². The number of carbonyl (C=O) groups excluding carboxylic acids is 1. The Morgan fingerprint density at radius 3 is 2.65 bits per heavy atom. The second-order valence-corrected chi connectivity index (χ2v) is 7.00. The number of aromatic nitrogens is 4. The van der Waals surface area contributed by atoms with Gasteiger partial charge in [-0.05, 0) is 43.2 Å². The Morgan fingerprint density at radius 1 is 1.19 bits per heavy atom. The summed E-state index contributed by atoms with van der Waals surface area (Å²) in [6, 6.07) is 13.5. The molecule has 4 rings (SSSR count). The van der Waals surface area contributed by atoms with Gasteiger partial charge >= 0.3 is 12.1 Å². The summed E-state index contributed by atoms with van der Waals surface area (Å²) in [7, 11) is 1.63. The predicted molar refractivity (Wildman–Crippen MR) is 116 cm³/mol. The summed E-state index contributed by atoms with van der Waals surface area (Å²) in [6.45, 7) is 4.21. The molecular weight excluding hydrogens is 399 g/mol. The van der Waals surface area contributed by atoms with Gasteiger partial charge in [-0.25, -0.2) is 9.18 Å². The van der Waals surface area contributed by atoms with Crippen LogP contribution < -0.4 is 10.1 Å². The van der Waals surface area contributed by atoms with Crippen LogP contribution in [0.25, 0.3) is 22.0 Å². The molecule has 0 aliphatic carbocycles. The lowest BCUT2D eigenvalue weighted by molar-refractivity contribution is 0.161. The van der Waals surface area contributed by atoms with Crippen LogP contribution in [0.1, 0.15) is 12.6 Å². The van der Waals surface area contributed by atoms with E-state index in [0.29, 0.717) is 29.1 Å². The Bertz CT molecular complexity index is 1240. The van der Waals surface area contributed by atoms with Gasteiger partial charge < -0.3 is 15.0 Å².